The number of nitrogens with zero attached hydrogens (tertiary/aromatic N) is 1. The average Bonchev–Trinajstić information content (AvgIpc) is 2.50. The Bertz CT molecular complexity index is 745. The topological polar surface area (TPSA) is 120 Å². The lowest BCUT2D eigenvalue weighted by molar-refractivity contribution is 0.0199. The van der Waals surface area contributed by atoms with E-state index in [1.165, 1.54) is 30.3 Å². The molecule has 7 nitrogen and oxygen atoms in total. The normalized spacial score (nSPS) is 20.0. The zero-order chi connectivity index (χ0) is 15.9. The number of aliphatic hydroxyl groups is 1. The van der Waals surface area contributed by atoms with Crippen LogP contribution in [0.25, 0.3) is 0 Å². The van der Waals surface area contributed by atoms with Crippen molar-refractivity contribution in [1.82, 2.24) is 0 Å². The first-order chi connectivity index (χ1) is 10.5. The van der Waals surface area contributed by atoms with Crippen molar-refractivity contribution in [1.29, 1.82) is 0 Å². The van der Waals surface area contributed by atoms with Crippen molar-refractivity contribution in [2.45, 2.75) is 18.6 Å². The molecule has 0 saturated carbocycles. The number of fused-ring (bicyclic) bond motifs is 1. The van der Waals surface area contributed by atoms with Crippen LogP contribution in [0.15, 0.2) is 35.5 Å². The Balaban J connectivity index is 2.01. The molecule has 0 radical (unpaired) electrons. The van der Waals surface area contributed by atoms with Gasteiger partial charge in [-0.25, -0.2) is 0 Å². The maximum absolute atomic E-state index is 10.6. The Kier molecular flexibility index (Phi) is 3.34. The zero-order valence-electron chi connectivity index (χ0n) is 11.3. The number of aromatic hydroxyl groups is 3. The van der Waals surface area contributed by atoms with Gasteiger partial charge in [0, 0.05) is 24.1 Å². The van der Waals surface area contributed by atoms with E-state index in [0.717, 1.165) is 0 Å². The van der Waals surface area contributed by atoms with E-state index in [2.05, 4.69) is 5.18 Å². The standard InChI is InChI=1S/C15H13NO6/c17-10-2-1-7(3-12(10)19)15-13(20)6-9-11(18)4-8(16-21)5-14(9)22-15/h1-5,13,15,17-20H,6H2/t13-,15?/m0/s1. The highest BCUT2D eigenvalue weighted by molar-refractivity contribution is 5.57. The average molecular weight is 303 g/mol. The summed E-state index contributed by atoms with van der Waals surface area (Å²) in [5.41, 5.74) is 0.858. The van der Waals surface area contributed by atoms with E-state index in [9.17, 15) is 25.3 Å². The van der Waals surface area contributed by atoms with Crippen LogP contribution in [0.5, 0.6) is 23.0 Å². The fourth-order valence-electron chi connectivity index (χ4n) is 2.52. The summed E-state index contributed by atoms with van der Waals surface area (Å²) in [5.74, 6) is -0.527. The minimum Gasteiger partial charge on any atom is -0.507 e. The van der Waals surface area contributed by atoms with Gasteiger partial charge in [0.2, 0.25) is 0 Å². The van der Waals surface area contributed by atoms with E-state index >= 15 is 0 Å². The summed E-state index contributed by atoms with van der Waals surface area (Å²) in [5, 5.41) is 41.7. The van der Waals surface area contributed by atoms with Crippen molar-refractivity contribution >= 4 is 5.69 Å². The summed E-state index contributed by atoms with van der Waals surface area (Å²) >= 11 is 0. The lowest BCUT2D eigenvalue weighted by Crippen LogP contribution is -2.30. The molecule has 114 valence electrons. The summed E-state index contributed by atoms with van der Waals surface area (Å²) in [7, 11) is 0. The van der Waals surface area contributed by atoms with Gasteiger partial charge in [0.15, 0.2) is 11.5 Å². The Labute approximate surface area is 125 Å². The summed E-state index contributed by atoms with van der Waals surface area (Å²) in [6.07, 6.45) is -1.65. The van der Waals surface area contributed by atoms with Crippen LogP contribution >= 0.6 is 0 Å². The molecule has 1 unspecified atom stereocenters. The minimum atomic E-state index is -0.961. The Morgan fingerprint density at radius 3 is 2.50 bits per heavy atom. The maximum atomic E-state index is 10.6. The Morgan fingerprint density at radius 2 is 1.82 bits per heavy atom. The van der Waals surface area contributed by atoms with Crippen LogP contribution in [0.2, 0.25) is 0 Å². The van der Waals surface area contributed by atoms with E-state index in [1.807, 2.05) is 0 Å². The second-order valence-electron chi connectivity index (χ2n) is 5.09. The highest BCUT2D eigenvalue weighted by atomic mass is 16.5. The molecule has 1 aliphatic heterocycles. The third-order valence-electron chi connectivity index (χ3n) is 3.62. The molecule has 2 aromatic rings. The highest BCUT2D eigenvalue weighted by Crippen LogP contribution is 2.42. The third-order valence-corrected chi connectivity index (χ3v) is 3.62. The molecule has 4 N–H and O–H groups in total. The fourth-order valence-corrected chi connectivity index (χ4v) is 2.52. The number of nitroso groups, excluding NO2 is 1. The van der Waals surface area contributed by atoms with Crippen LogP contribution in [0.1, 0.15) is 17.2 Å². The lowest BCUT2D eigenvalue weighted by Gasteiger charge is -2.31. The summed E-state index contributed by atoms with van der Waals surface area (Å²) in [6.45, 7) is 0. The molecular weight excluding hydrogens is 290 g/mol. The van der Waals surface area contributed by atoms with Gasteiger partial charge in [0.05, 0.1) is 6.10 Å². The van der Waals surface area contributed by atoms with Gasteiger partial charge in [-0.05, 0) is 22.9 Å². The van der Waals surface area contributed by atoms with Crippen molar-refractivity contribution in [3.63, 3.8) is 0 Å². The van der Waals surface area contributed by atoms with Gasteiger partial charge in [-0.1, -0.05) is 6.07 Å². The van der Waals surface area contributed by atoms with Crippen LogP contribution in [0, 0.1) is 4.91 Å². The van der Waals surface area contributed by atoms with Crippen molar-refractivity contribution < 1.29 is 25.2 Å². The number of rotatable bonds is 2. The molecule has 7 heteroatoms. The smallest absolute Gasteiger partial charge is 0.157 e. The molecule has 0 fully saturated rings. The zero-order valence-corrected chi connectivity index (χ0v) is 11.3. The van der Waals surface area contributed by atoms with E-state index in [1.54, 1.807) is 0 Å². The number of phenols is 3. The highest BCUT2D eigenvalue weighted by Gasteiger charge is 2.32. The summed E-state index contributed by atoms with van der Waals surface area (Å²) < 4.78 is 5.65. The second kappa shape index (κ2) is 5.19. The molecule has 2 atom stereocenters. The van der Waals surface area contributed by atoms with Crippen LogP contribution in [-0.4, -0.2) is 26.5 Å². The summed E-state index contributed by atoms with van der Waals surface area (Å²) in [6, 6.07) is 6.67. The molecule has 22 heavy (non-hydrogen) atoms. The van der Waals surface area contributed by atoms with Crippen molar-refractivity contribution in [3.05, 3.63) is 46.4 Å². The van der Waals surface area contributed by atoms with Gasteiger partial charge in [-0.15, -0.1) is 4.91 Å². The monoisotopic (exact) mass is 303 g/mol. The molecule has 1 heterocycles. The first kappa shape index (κ1) is 14.2. The van der Waals surface area contributed by atoms with Gasteiger partial charge in [0.1, 0.15) is 23.3 Å². The predicted octanol–water partition coefficient (Wildman–Crippen LogP) is 2.24. The lowest BCUT2D eigenvalue weighted by atomic mass is 9.94. The number of hydrogen-bond donors (Lipinski definition) is 4. The van der Waals surface area contributed by atoms with Crippen molar-refractivity contribution in [2.24, 2.45) is 5.18 Å². The molecular formula is C15H13NO6. The van der Waals surface area contributed by atoms with Gasteiger partial charge in [-0.2, -0.15) is 0 Å². The Hall–Kier alpha value is -2.80. The molecule has 0 aliphatic carbocycles. The molecule has 0 spiro atoms. The van der Waals surface area contributed by atoms with Gasteiger partial charge in [-0.3, -0.25) is 0 Å². The second-order valence-corrected chi connectivity index (χ2v) is 5.09. The fraction of sp³-hybridized carbons (Fsp3) is 0.200. The van der Waals surface area contributed by atoms with Crippen molar-refractivity contribution in [2.75, 3.05) is 0 Å². The van der Waals surface area contributed by atoms with Crippen LogP contribution < -0.4 is 4.74 Å². The molecule has 0 aromatic heterocycles. The minimum absolute atomic E-state index is 0.0138. The molecule has 2 aromatic carbocycles. The first-order valence-electron chi connectivity index (χ1n) is 6.55. The van der Waals surface area contributed by atoms with Gasteiger partial charge < -0.3 is 25.2 Å². The predicted molar refractivity (Wildman–Crippen MR) is 76.4 cm³/mol. The quantitative estimate of drug-likeness (QED) is 0.499. The Morgan fingerprint density at radius 1 is 1.05 bits per heavy atom. The molecule has 0 saturated heterocycles. The molecule has 0 amide bonds. The van der Waals surface area contributed by atoms with Gasteiger partial charge >= 0.3 is 0 Å². The van der Waals surface area contributed by atoms with Crippen LogP contribution in [0.4, 0.5) is 5.69 Å². The van der Waals surface area contributed by atoms with E-state index in [-0.39, 0.29) is 35.1 Å². The first-order valence-corrected chi connectivity index (χ1v) is 6.55. The van der Waals surface area contributed by atoms with E-state index in [0.29, 0.717) is 11.1 Å². The largest absolute Gasteiger partial charge is 0.507 e. The summed E-state index contributed by atoms with van der Waals surface area (Å²) in [4.78, 5) is 10.6. The number of ether oxygens (including phenoxy) is 1. The molecule has 3 rings (SSSR count). The van der Waals surface area contributed by atoms with Crippen LogP contribution in [0.3, 0.4) is 0 Å². The van der Waals surface area contributed by atoms with Gasteiger partial charge in [0.25, 0.3) is 0 Å². The SMILES string of the molecule is O=Nc1cc(O)c2c(c1)OC(c1ccc(O)c(O)c1)[C@@H](O)C2. The van der Waals surface area contributed by atoms with E-state index < -0.39 is 12.2 Å². The van der Waals surface area contributed by atoms with Crippen LogP contribution in [-0.2, 0) is 6.42 Å². The maximum Gasteiger partial charge on any atom is 0.157 e. The molecule has 1 aliphatic rings. The number of aliphatic hydroxyl groups excluding tert-OH is 1. The number of phenolic OH excluding ortho intramolecular Hbond substituents is 3. The van der Waals surface area contributed by atoms with E-state index in [4.69, 9.17) is 4.74 Å². The number of hydrogen-bond acceptors (Lipinski definition) is 7. The number of benzene rings is 2. The third kappa shape index (κ3) is 2.31. The molecule has 0 bridgehead atoms. The van der Waals surface area contributed by atoms with Crippen molar-refractivity contribution in [3.8, 4) is 23.0 Å².